The molecule has 0 amide bonds. The van der Waals surface area contributed by atoms with Crippen molar-refractivity contribution in [2.24, 2.45) is 0 Å². The summed E-state index contributed by atoms with van der Waals surface area (Å²) in [6.07, 6.45) is 0.771. The molecular weight excluding hydrogens is 222 g/mol. The van der Waals surface area contributed by atoms with Gasteiger partial charge in [0.05, 0.1) is 6.61 Å². The van der Waals surface area contributed by atoms with Crippen molar-refractivity contribution in [1.29, 1.82) is 0 Å². The highest BCUT2D eigenvalue weighted by Gasteiger charge is 1.93. The maximum absolute atomic E-state index is 8.12. The van der Waals surface area contributed by atoms with Crippen LogP contribution < -0.4 is 5.64 Å². The van der Waals surface area contributed by atoms with E-state index in [1.54, 1.807) is 5.64 Å². The fourth-order valence-corrected chi connectivity index (χ4v) is 1.35. The highest BCUT2D eigenvalue weighted by molar-refractivity contribution is 9.10. The van der Waals surface area contributed by atoms with E-state index in [0.29, 0.717) is 6.61 Å². The van der Waals surface area contributed by atoms with Crippen LogP contribution in [-0.2, 0) is 11.3 Å². The van der Waals surface area contributed by atoms with Gasteiger partial charge in [-0.2, -0.15) is 0 Å². The number of nitrogens with one attached hydrogen (secondary N) is 1. The standard InChI is InChI=1S/C8H10BrNO2/c9-8-3-1-2-7(6-8)4-5-12-10-11/h1-3,6,10-11H,4-5H2. The van der Waals surface area contributed by atoms with Gasteiger partial charge in [0.15, 0.2) is 0 Å². The van der Waals surface area contributed by atoms with Crippen molar-refractivity contribution in [3.8, 4) is 0 Å². The van der Waals surface area contributed by atoms with Crippen LogP contribution in [0.5, 0.6) is 0 Å². The lowest BCUT2D eigenvalue weighted by Crippen LogP contribution is -2.10. The average Bonchev–Trinajstić information content (AvgIpc) is 2.05. The van der Waals surface area contributed by atoms with Crippen molar-refractivity contribution >= 4 is 15.9 Å². The topological polar surface area (TPSA) is 41.5 Å². The molecule has 0 atom stereocenters. The number of rotatable bonds is 4. The highest BCUT2D eigenvalue weighted by Crippen LogP contribution is 2.11. The van der Waals surface area contributed by atoms with Crippen LogP contribution in [0, 0.1) is 0 Å². The van der Waals surface area contributed by atoms with E-state index in [1.165, 1.54) is 5.56 Å². The fourth-order valence-electron chi connectivity index (χ4n) is 0.907. The number of hydrogen-bond acceptors (Lipinski definition) is 3. The van der Waals surface area contributed by atoms with E-state index in [1.807, 2.05) is 24.3 Å². The van der Waals surface area contributed by atoms with Gasteiger partial charge in [-0.25, -0.2) is 0 Å². The molecule has 0 aliphatic heterocycles. The molecule has 4 heteroatoms. The van der Waals surface area contributed by atoms with Gasteiger partial charge in [0, 0.05) is 4.47 Å². The van der Waals surface area contributed by atoms with Gasteiger partial charge in [0.1, 0.15) is 0 Å². The molecule has 0 saturated heterocycles. The Morgan fingerprint density at radius 1 is 1.50 bits per heavy atom. The van der Waals surface area contributed by atoms with E-state index < -0.39 is 0 Å². The van der Waals surface area contributed by atoms with Crippen LogP contribution in [0.4, 0.5) is 0 Å². The fraction of sp³-hybridized carbons (Fsp3) is 0.250. The summed E-state index contributed by atoms with van der Waals surface area (Å²) in [4.78, 5) is 4.57. The second-order valence-electron chi connectivity index (χ2n) is 2.32. The van der Waals surface area contributed by atoms with E-state index in [-0.39, 0.29) is 0 Å². The van der Waals surface area contributed by atoms with E-state index in [4.69, 9.17) is 5.21 Å². The van der Waals surface area contributed by atoms with E-state index >= 15 is 0 Å². The van der Waals surface area contributed by atoms with Crippen molar-refractivity contribution in [2.45, 2.75) is 6.42 Å². The summed E-state index contributed by atoms with van der Waals surface area (Å²) in [5.41, 5.74) is 2.81. The third-order valence-corrected chi connectivity index (χ3v) is 1.94. The molecule has 0 heterocycles. The Kier molecular flexibility index (Phi) is 4.24. The molecule has 0 spiro atoms. The van der Waals surface area contributed by atoms with Crippen LogP contribution >= 0.6 is 15.9 Å². The number of benzene rings is 1. The average molecular weight is 232 g/mol. The lowest BCUT2D eigenvalue weighted by atomic mass is 10.2. The van der Waals surface area contributed by atoms with Crippen LogP contribution in [-0.4, -0.2) is 11.8 Å². The van der Waals surface area contributed by atoms with Crippen LogP contribution in [0.2, 0.25) is 0 Å². The van der Waals surface area contributed by atoms with E-state index in [9.17, 15) is 0 Å². The molecular formula is C8H10BrNO2. The Hall–Kier alpha value is -0.420. The molecule has 0 unspecified atom stereocenters. The van der Waals surface area contributed by atoms with Crippen molar-refractivity contribution in [2.75, 3.05) is 6.61 Å². The van der Waals surface area contributed by atoms with Crippen LogP contribution in [0.15, 0.2) is 28.7 Å². The third kappa shape index (κ3) is 3.32. The zero-order valence-electron chi connectivity index (χ0n) is 6.46. The van der Waals surface area contributed by atoms with Gasteiger partial charge in [-0.1, -0.05) is 33.7 Å². The number of hydrogen-bond donors (Lipinski definition) is 2. The minimum absolute atomic E-state index is 0.451. The largest absolute Gasteiger partial charge is 0.292 e. The maximum atomic E-state index is 8.12. The van der Waals surface area contributed by atoms with Crippen LogP contribution in [0.25, 0.3) is 0 Å². The molecule has 2 N–H and O–H groups in total. The van der Waals surface area contributed by atoms with Crippen molar-refractivity contribution in [1.82, 2.24) is 5.64 Å². The molecule has 0 radical (unpaired) electrons. The molecule has 12 heavy (non-hydrogen) atoms. The normalized spacial score (nSPS) is 10.2. The maximum Gasteiger partial charge on any atom is 0.0749 e. The van der Waals surface area contributed by atoms with Gasteiger partial charge in [-0.3, -0.25) is 10.0 Å². The minimum Gasteiger partial charge on any atom is -0.292 e. The lowest BCUT2D eigenvalue weighted by Gasteiger charge is -2.01. The van der Waals surface area contributed by atoms with Gasteiger partial charge in [-0.15, -0.1) is 0 Å². The Morgan fingerprint density at radius 3 is 3.00 bits per heavy atom. The van der Waals surface area contributed by atoms with Gasteiger partial charge in [0.25, 0.3) is 0 Å². The summed E-state index contributed by atoms with van der Waals surface area (Å²) in [6.45, 7) is 0.451. The second-order valence-corrected chi connectivity index (χ2v) is 3.24. The summed E-state index contributed by atoms with van der Waals surface area (Å²) < 4.78 is 1.05. The first-order chi connectivity index (χ1) is 5.83. The molecule has 3 nitrogen and oxygen atoms in total. The summed E-state index contributed by atoms with van der Waals surface area (Å²) in [7, 11) is 0. The van der Waals surface area contributed by atoms with E-state index in [0.717, 1.165) is 10.9 Å². The molecule has 0 aliphatic carbocycles. The summed E-state index contributed by atoms with van der Waals surface area (Å²) in [5.74, 6) is 0. The molecule has 0 saturated carbocycles. The first-order valence-corrected chi connectivity index (χ1v) is 4.37. The molecule has 66 valence electrons. The van der Waals surface area contributed by atoms with Crippen molar-refractivity contribution in [3.05, 3.63) is 34.3 Å². The SMILES string of the molecule is ONOCCc1cccc(Br)c1. The number of halogens is 1. The first kappa shape index (κ1) is 9.67. The zero-order valence-corrected chi connectivity index (χ0v) is 8.04. The Bertz CT molecular complexity index is 242. The van der Waals surface area contributed by atoms with Crippen LogP contribution in [0.1, 0.15) is 5.56 Å². The monoisotopic (exact) mass is 231 g/mol. The van der Waals surface area contributed by atoms with Crippen LogP contribution in [0.3, 0.4) is 0 Å². The van der Waals surface area contributed by atoms with Crippen molar-refractivity contribution < 1.29 is 10.0 Å². The molecule has 0 bridgehead atoms. The Labute approximate surface area is 79.4 Å². The minimum atomic E-state index is 0.451. The van der Waals surface area contributed by atoms with Gasteiger partial charge in [-0.05, 0) is 24.1 Å². The quantitative estimate of drug-likeness (QED) is 0.615. The molecule has 1 rings (SSSR count). The first-order valence-electron chi connectivity index (χ1n) is 3.58. The second kappa shape index (κ2) is 5.27. The van der Waals surface area contributed by atoms with Gasteiger partial charge in [0.2, 0.25) is 0 Å². The summed E-state index contributed by atoms with van der Waals surface area (Å²) >= 11 is 3.37. The molecule has 1 aromatic carbocycles. The predicted octanol–water partition coefficient (Wildman–Crippen LogP) is 1.90. The third-order valence-electron chi connectivity index (χ3n) is 1.45. The smallest absolute Gasteiger partial charge is 0.0749 e. The zero-order chi connectivity index (χ0) is 8.81. The van der Waals surface area contributed by atoms with Gasteiger partial charge < -0.3 is 0 Å². The lowest BCUT2D eigenvalue weighted by molar-refractivity contribution is -0.125. The highest BCUT2D eigenvalue weighted by atomic mass is 79.9. The molecule has 1 aromatic rings. The van der Waals surface area contributed by atoms with Gasteiger partial charge >= 0.3 is 0 Å². The van der Waals surface area contributed by atoms with E-state index in [2.05, 4.69) is 20.8 Å². The summed E-state index contributed by atoms with van der Waals surface area (Å²) in [6, 6.07) is 7.95. The Balaban J connectivity index is 2.41. The predicted molar refractivity (Wildman–Crippen MR) is 48.7 cm³/mol. The molecule has 0 aromatic heterocycles. The molecule has 0 fully saturated rings. The summed E-state index contributed by atoms with van der Waals surface area (Å²) in [5, 5.41) is 8.12. The molecule has 0 aliphatic rings. The Morgan fingerprint density at radius 2 is 2.33 bits per heavy atom. The van der Waals surface area contributed by atoms with Crippen molar-refractivity contribution in [3.63, 3.8) is 0 Å².